The van der Waals surface area contributed by atoms with Gasteiger partial charge in [0.25, 0.3) is 0 Å². The molecule has 10 heteroatoms. The van der Waals surface area contributed by atoms with Crippen LogP contribution in [0.4, 0.5) is 0 Å². The van der Waals surface area contributed by atoms with Crippen molar-refractivity contribution in [2.75, 3.05) is 13.2 Å². The zero-order valence-corrected chi connectivity index (χ0v) is 22.2. The molecule has 0 radical (unpaired) electrons. The Labute approximate surface area is 206 Å². The van der Waals surface area contributed by atoms with Crippen LogP contribution < -0.4 is 0 Å². The van der Waals surface area contributed by atoms with Crippen LogP contribution in [-0.2, 0) is 22.5 Å². The number of nitrogens with zero attached hydrogens (tertiary/aromatic N) is 4. The van der Waals surface area contributed by atoms with Crippen LogP contribution in [0.25, 0.3) is 11.4 Å². The molecule has 0 N–H and O–H groups in total. The number of rotatable bonds is 5. The first-order valence-corrected chi connectivity index (χ1v) is 16.6. The first-order chi connectivity index (χ1) is 15.2. The molecular formula is C22H26Cl3N4O2Rh. The van der Waals surface area contributed by atoms with Gasteiger partial charge in [0.15, 0.2) is 0 Å². The Balaban J connectivity index is 0.000000668. The predicted molar refractivity (Wildman–Crippen MR) is 127 cm³/mol. The van der Waals surface area contributed by atoms with Crippen molar-refractivity contribution in [1.29, 1.82) is 0 Å². The maximum atomic E-state index is 5.77. The third-order valence-corrected chi connectivity index (χ3v) is 5.09. The molecule has 2 aromatic heterocycles. The van der Waals surface area contributed by atoms with Crippen molar-refractivity contribution >= 4 is 40.9 Å². The molecule has 0 spiro atoms. The second-order valence-electron chi connectivity index (χ2n) is 8.07. The van der Waals surface area contributed by atoms with E-state index in [2.05, 4.69) is 37.7 Å². The van der Waals surface area contributed by atoms with Crippen LogP contribution in [0.3, 0.4) is 0 Å². The first kappa shape index (κ1) is 25.4. The van der Waals surface area contributed by atoms with Gasteiger partial charge in [0, 0.05) is 0 Å². The molecule has 0 aromatic carbocycles. The minimum absolute atomic E-state index is 0.188. The summed E-state index contributed by atoms with van der Waals surface area (Å²) in [5.41, 5.74) is 3.03. The Morgan fingerprint density at radius 1 is 0.719 bits per heavy atom. The summed E-state index contributed by atoms with van der Waals surface area (Å²) in [6.45, 7) is 9.82. The summed E-state index contributed by atoms with van der Waals surface area (Å²) >= 11 is -1.66. The molecule has 176 valence electrons. The fourth-order valence-corrected chi connectivity index (χ4v) is 3.14. The normalized spacial score (nSPS) is 20.2. The van der Waals surface area contributed by atoms with E-state index in [0.717, 1.165) is 22.8 Å². The van der Waals surface area contributed by atoms with Crippen LogP contribution in [0.1, 0.15) is 39.1 Å². The summed E-state index contributed by atoms with van der Waals surface area (Å²) in [6.07, 6.45) is 0. The Hall–Kier alpha value is -1.27. The van der Waals surface area contributed by atoms with Gasteiger partial charge >= 0.3 is 42.1 Å². The van der Waals surface area contributed by atoms with Gasteiger partial charge in [0.1, 0.15) is 24.6 Å². The number of halogens is 3. The van der Waals surface area contributed by atoms with Gasteiger partial charge < -0.3 is 9.47 Å². The topological polar surface area (TPSA) is 69.0 Å². The Bertz CT molecular complexity index is 907. The quantitative estimate of drug-likeness (QED) is 0.414. The van der Waals surface area contributed by atoms with E-state index in [1.54, 1.807) is 0 Å². The van der Waals surface area contributed by atoms with Crippen molar-refractivity contribution in [2.45, 2.75) is 39.8 Å². The fraction of sp³-hybridized carbons (Fsp3) is 0.455. The van der Waals surface area contributed by atoms with Gasteiger partial charge in [-0.2, -0.15) is 0 Å². The molecule has 0 fully saturated rings. The molecule has 0 bridgehead atoms. The molecule has 0 saturated heterocycles. The number of pyridine rings is 2. The van der Waals surface area contributed by atoms with Crippen molar-refractivity contribution in [1.82, 2.24) is 9.97 Å². The van der Waals surface area contributed by atoms with E-state index >= 15 is 0 Å². The molecule has 0 unspecified atom stereocenters. The third kappa shape index (κ3) is 6.87. The van der Waals surface area contributed by atoms with Gasteiger partial charge in [0.05, 0.1) is 23.5 Å². The van der Waals surface area contributed by atoms with E-state index in [9.17, 15) is 0 Å². The molecule has 2 aliphatic heterocycles. The van der Waals surface area contributed by atoms with Gasteiger partial charge in [-0.1, -0.05) is 39.8 Å². The van der Waals surface area contributed by atoms with Crippen LogP contribution in [0.2, 0.25) is 0 Å². The fourth-order valence-electron chi connectivity index (χ4n) is 3.14. The number of hydrogen-bond donors (Lipinski definition) is 0. The van der Waals surface area contributed by atoms with Gasteiger partial charge in [-0.05, 0) is 36.1 Å². The summed E-state index contributed by atoms with van der Waals surface area (Å²) in [5, 5.41) is 0. The summed E-state index contributed by atoms with van der Waals surface area (Å²) < 4.78 is 11.5. The zero-order chi connectivity index (χ0) is 23.3. The van der Waals surface area contributed by atoms with E-state index in [0.29, 0.717) is 36.8 Å². The average Bonchev–Trinajstić information content (AvgIpc) is 3.44. The second-order valence-corrected chi connectivity index (χ2v) is 15.5. The summed E-state index contributed by atoms with van der Waals surface area (Å²) in [5.74, 6) is 2.11. The molecule has 2 atom stereocenters. The number of aliphatic imine (C=N–C) groups is 2. The van der Waals surface area contributed by atoms with Crippen molar-refractivity contribution in [3.8, 4) is 11.4 Å². The Morgan fingerprint density at radius 2 is 1.06 bits per heavy atom. The monoisotopic (exact) mass is 586 g/mol. The third-order valence-electron chi connectivity index (χ3n) is 5.09. The molecule has 0 aliphatic carbocycles. The minimum atomic E-state index is -1.66. The van der Waals surface area contributed by atoms with Gasteiger partial charge in [-0.15, -0.1) is 0 Å². The van der Waals surface area contributed by atoms with Gasteiger partial charge in [-0.25, -0.2) is 20.0 Å². The molecule has 32 heavy (non-hydrogen) atoms. The molecule has 6 nitrogen and oxygen atoms in total. The van der Waals surface area contributed by atoms with Crippen molar-refractivity contribution < 1.29 is 22.5 Å². The van der Waals surface area contributed by atoms with E-state index < -0.39 is 13.0 Å². The standard InChI is InChI=1S/C22H26N4O2.3ClH.Rh/c1-13(2)19-11-27-21(25-19)17-9-5-7-15(23-17)16-8-6-10-18(24-16)22-26-20(12-28-22)14(3)4;;;;/h5-10,13-14,19-20H,11-12H2,1-4H3;3*1H;/q;;;;+3/p-3/t19-,20+;;;;. The van der Waals surface area contributed by atoms with Gasteiger partial charge in [-0.3, -0.25) is 0 Å². The zero-order valence-electron chi connectivity index (χ0n) is 18.3. The summed E-state index contributed by atoms with van der Waals surface area (Å²) in [4.78, 5) is 18.8. The molecule has 0 amide bonds. The maximum absolute atomic E-state index is 5.77. The SMILES string of the molecule is CC(C)[C@@H]1COC(c2cccc(-c3cccc(C4=N[C@@H](C(C)C)CO4)n3)n2)=N1.[Cl][Rh]([Cl])[Cl]. The van der Waals surface area contributed by atoms with E-state index in [1.165, 1.54) is 0 Å². The predicted octanol–water partition coefficient (Wildman–Crippen LogP) is 5.81. The number of aromatic nitrogens is 2. The van der Waals surface area contributed by atoms with Crippen molar-refractivity contribution in [2.24, 2.45) is 21.8 Å². The van der Waals surface area contributed by atoms with Gasteiger partial charge in [0.2, 0.25) is 11.8 Å². The van der Waals surface area contributed by atoms with Crippen LogP contribution in [0.5, 0.6) is 0 Å². The molecule has 4 rings (SSSR count). The summed E-state index contributed by atoms with van der Waals surface area (Å²) in [7, 11) is 14.8. The number of hydrogen-bond acceptors (Lipinski definition) is 6. The Morgan fingerprint density at radius 3 is 1.38 bits per heavy atom. The van der Waals surface area contributed by atoms with E-state index in [-0.39, 0.29) is 12.1 Å². The molecule has 4 heterocycles. The van der Waals surface area contributed by atoms with Crippen LogP contribution >= 0.6 is 29.1 Å². The van der Waals surface area contributed by atoms with Crippen molar-refractivity contribution in [3.05, 3.63) is 47.8 Å². The average molecular weight is 588 g/mol. The first-order valence-electron chi connectivity index (χ1n) is 10.3. The molecule has 2 aliphatic rings. The second kappa shape index (κ2) is 11.7. The van der Waals surface area contributed by atoms with E-state index in [1.807, 2.05) is 36.4 Å². The molecule has 0 saturated carbocycles. The summed E-state index contributed by atoms with van der Waals surface area (Å²) in [6, 6.07) is 12.0. The van der Waals surface area contributed by atoms with Crippen LogP contribution in [0, 0.1) is 11.8 Å². The molecular weight excluding hydrogens is 562 g/mol. The van der Waals surface area contributed by atoms with Crippen molar-refractivity contribution in [3.63, 3.8) is 0 Å². The number of ether oxygens (including phenoxy) is 2. The van der Waals surface area contributed by atoms with Crippen LogP contribution in [-0.4, -0.2) is 47.1 Å². The van der Waals surface area contributed by atoms with Crippen LogP contribution in [0.15, 0.2) is 46.4 Å². The Kier molecular flexibility index (Phi) is 9.30. The van der Waals surface area contributed by atoms with E-state index in [4.69, 9.17) is 48.5 Å². The molecule has 2 aromatic rings.